The van der Waals surface area contributed by atoms with Crippen LogP contribution in [0.2, 0.25) is 5.02 Å². The lowest BCUT2D eigenvalue weighted by Gasteiger charge is -2.18. The van der Waals surface area contributed by atoms with E-state index in [9.17, 15) is 64.7 Å². The van der Waals surface area contributed by atoms with Gasteiger partial charge in [0.15, 0.2) is 23.1 Å². The third-order valence-electron chi connectivity index (χ3n) is 25.0. The van der Waals surface area contributed by atoms with Gasteiger partial charge < -0.3 is 39.5 Å². The first kappa shape index (κ1) is 108. The van der Waals surface area contributed by atoms with Gasteiger partial charge in [-0.05, 0) is 289 Å². The van der Waals surface area contributed by atoms with Crippen LogP contribution in [0.3, 0.4) is 0 Å². The van der Waals surface area contributed by atoms with Crippen LogP contribution in [0.25, 0.3) is 88.5 Å². The van der Waals surface area contributed by atoms with E-state index in [0.29, 0.717) is 59.0 Å². The van der Waals surface area contributed by atoms with Crippen molar-refractivity contribution in [3.63, 3.8) is 0 Å². The predicted octanol–water partition coefficient (Wildman–Crippen LogP) is 28.3. The maximum Gasteiger partial charge on any atom is 0.281 e. The van der Waals surface area contributed by atoms with Crippen LogP contribution in [0.5, 0.6) is 0 Å². The van der Waals surface area contributed by atoms with Crippen LogP contribution in [0.15, 0.2) is 270 Å². The second-order valence-electron chi connectivity index (χ2n) is 39.3. The Morgan fingerprint density at radius 2 is 0.662 bits per heavy atom. The molecule has 4 N–H and O–H groups in total. The van der Waals surface area contributed by atoms with Gasteiger partial charge >= 0.3 is 0 Å². The maximum absolute atomic E-state index is 13.6. The molecule has 0 fully saturated rings. The van der Waals surface area contributed by atoms with Gasteiger partial charge in [0.05, 0.1) is 5.02 Å². The van der Waals surface area contributed by atoms with Gasteiger partial charge in [0.25, 0.3) is 6.43 Å². The van der Waals surface area contributed by atoms with Crippen molar-refractivity contribution in [3.05, 3.63) is 371 Å². The molecule has 16 rings (SSSR count). The fourth-order valence-corrected chi connectivity index (χ4v) is 18.2. The largest absolute Gasteiger partial charge is 0.352 e. The number of aromatic nitrogens is 5. The summed E-state index contributed by atoms with van der Waals surface area (Å²) >= 11 is 13.4. The number of pyridine rings is 1. The quantitative estimate of drug-likeness (QED) is 0.0248. The van der Waals surface area contributed by atoms with Crippen molar-refractivity contribution < 1.29 is 64.7 Å². The summed E-state index contributed by atoms with van der Waals surface area (Å²) in [7, 11) is 0. The standard InChI is InChI=1S/2C30H30BrFN2O2.C30H30ClFN2O2.C29H28F3N3O2/c1-5-34-26-13-7-19(14-22(26)17-27(34)21-8-10-23(32)11-9-21)16-28(35)24-15-20(6-12-25(24)31)18-33-29(36)30(2,3)4;1-5-34-18-25(21-8-10-22(32)11-9-21)23-14-19(7-13-27(23)34)16-28(35)24-15-20(6-12-26(24)31)17-33-29(36)30(2,3)4;1-5-34-26-13-7-19(14-22(26)17-27(34)21-8-10-23(32)11-9-21)16-28(35)24-15-20(6-12-25(24)31)18-33-29(36)30(2,3)4;1-4-35-24-10-5-18(11-21(24)14-25(35)20-6-8-22(30)9-7-20)13-26(36)23-12-19(15-33-27(23)28(31)32)16-34-29(37)17(2)3/h6-15,17H,5,16,18H2,1-4H3,(H,33,36);6-15,18H,5,16-17H2,1-4H3,(H,33,36);6-15,17H,5,16,18H2,1-4H3,(H,33,36);5-12,14-15,17,28H,4,13,16H2,1-3H3,(H,34,37). The van der Waals surface area contributed by atoms with E-state index < -0.39 is 34.1 Å². The molecule has 4 amide bonds. The zero-order valence-corrected chi connectivity index (χ0v) is 87.8. The molecule has 0 saturated carbocycles. The normalized spacial score (nSPS) is 11.6. The van der Waals surface area contributed by atoms with E-state index in [1.807, 2.05) is 184 Å². The summed E-state index contributed by atoms with van der Waals surface area (Å²) in [5.41, 5.74) is 17.7. The lowest BCUT2D eigenvalue weighted by Crippen LogP contribution is -2.34. The number of fused-ring (bicyclic) bond motifs is 4. The average molecular weight is 2110 g/mol. The highest BCUT2D eigenvalue weighted by molar-refractivity contribution is 9.10. The van der Waals surface area contributed by atoms with Gasteiger partial charge in [-0.25, -0.2) is 26.3 Å². The van der Waals surface area contributed by atoms with Gasteiger partial charge in [0.2, 0.25) is 23.6 Å². The Morgan fingerprint density at radius 1 is 0.352 bits per heavy atom. The highest BCUT2D eigenvalue weighted by Gasteiger charge is 2.28. The van der Waals surface area contributed by atoms with E-state index in [4.69, 9.17) is 11.6 Å². The monoisotopic (exact) mass is 2110 g/mol. The molecule has 0 spiro atoms. The van der Waals surface area contributed by atoms with Crippen LogP contribution in [0, 0.1) is 45.4 Å². The number of nitrogens with zero attached hydrogens (tertiary/aromatic N) is 5. The highest BCUT2D eigenvalue weighted by atomic mass is 79.9. The number of carbonyl (C=O) groups excluding carboxylic acids is 8. The molecule has 16 aromatic rings. The van der Waals surface area contributed by atoms with Crippen LogP contribution >= 0.6 is 43.5 Å². The minimum Gasteiger partial charge on any atom is -0.352 e. The van der Waals surface area contributed by atoms with Gasteiger partial charge in [-0.15, -0.1) is 0 Å². The van der Waals surface area contributed by atoms with Gasteiger partial charge in [-0.2, -0.15) is 0 Å². The fourth-order valence-electron chi connectivity index (χ4n) is 17.0. The van der Waals surface area contributed by atoms with Crippen LogP contribution in [-0.2, 0) is 97.2 Å². The van der Waals surface area contributed by atoms with Crippen molar-refractivity contribution in [2.75, 3.05) is 0 Å². The molecule has 17 nitrogen and oxygen atoms in total. The molecule has 26 heteroatoms. The van der Waals surface area contributed by atoms with Crippen LogP contribution in [0.1, 0.15) is 202 Å². The van der Waals surface area contributed by atoms with Crippen molar-refractivity contribution in [2.45, 2.75) is 188 Å². The molecule has 0 aliphatic heterocycles. The summed E-state index contributed by atoms with van der Waals surface area (Å²) in [4.78, 5) is 105. The zero-order valence-electron chi connectivity index (χ0n) is 83.9. The van der Waals surface area contributed by atoms with Gasteiger partial charge in [0.1, 0.15) is 29.0 Å². The highest BCUT2D eigenvalue weighted by Crippen LogP contribution is 2.38. The summed E-state index contributed by atoms with van der Waals surface area (Å²) in [5, 5.41) is 15.9. The number of rotatable bonds is 30. The van der Waals surface area contributed by atoms with E-state index in [0.717, 1.165) is 150 Å². The second-order valence-corrected chi connectivity index (χ2v) is 41.4. The SMILES string of the molecule is CCn1c(-c2ccc(F)cc2)cc2cc(CC(=O)c3cc(CNC(=O)C(C)(C)C)ccc3Br)ccc21.CCn1c(-c2ccc(F)cc2)cc2cc(CC(=O)c3cc(CNC(=O)C(C)(C)C)ccc3Cl)ccc21.CCn1c(-c2ccc(F)cc2)cc2cc(CC(=O)c3cc(CNC(=O)C(C)C)cnc3C(F)F)ccc21.CCn1cc(-c2ccc(F)cc2)c2cc(CC(=O)c3cc(CNC(=O)C(C)(C)C)ccc3Br)ccc21. The Balaban J connectivity index is 0.000000162. The Kier molecular flexibility index (Phi) is 35.4. The minimum atomic E-state index is -2.91. The number of amides is 4. The third-order valence-corrected chi connectivity index (χ3v) is 26.7. The summed E-state index contributed by atoms with van der Waals surface area (Å²) in [6.45, 7) is 32.7. The lowest BCUT2D eigenvalue weighted by atomic mass is 9.95. The Bertz CT molecular complexity index is 7280. The molecular formula is C119H118Br2ClF6N9O8. The number of alkyl halides is 2. The van der Waals surface area contributed by atoms with E-state index in [2.05, 4.69) is 122 Å². The first-order valence-corrected chi connectivity index (χ1v) is 50.2. The molecule has 0 aliphatic carbocycles. The molecule has 750 valence electrons. The van der Waals surface area contributed by atoms with E-state index in [-0.39, 0.29) is 108 Å². The third kappa shape index (κ3) is 27.2. The number of ketones is 4. The van der Waals surface area contributed by atoms with Gasteiger partial charge in [-0.3, -0.25) is 43.3 Å². The Morgan fingerprint density at radius 3 is 1.01 bits per heavy atom. The number of benzene rings is 11. The lowest BCUT2D eigenvalue weighted by molar-refractivity contribution is -0.129. The summed E-state index contributed by atoms with van der Waals surface area (Å²) < 4.78 is 91.1. The number of aryl methyl sites for hydroxylation is 4. The zero-order chi connectivity index (χ0) is 105. The molecule has 0 radical (unpaired) electrons. The predicted molar refractivity (Wildman–Crippen MR) is 574 cm³/mol. The number of halogens is 9. The van der Waals surface area contributed by atoms with Gasteiger partial charge in [0, 0.05) is 210 Å². The van der Waals surface area contributed by atoms with Crippen molar-refractivity contribution in [2.24, 2.45) is 22.2 Å². The van der Waals surface area contributed by atoms with Crippen LogP contribution in [0.4, 0.5) is 26.3 Å². The summed E-state index contributed by atoms with van der Waals surface area (Å²) in [5.74, 6) is -2.22. The molecule has 0 atom stereocenters. The van der Waals surface area contributed by atoms with Gasteiger partial charge in [-0.1, -0.05) is 174 Å². The first-order chi connectivity index (χ1) is 68.9. The molecule has 0 saturated heterocycles. The topological polar surface area (TPSA) is 217 Å². The van der Waals surface area contributed by atoms with Crippen molar-refractivity contribution in [3.8, 4) is 44.9 Å². The van der Waals surface area contributed by atoms with E-state index in [1.54, 1.807) is 74.5 Å². The first-order valence-electron chi connectivity index (χ1n) is 48.3. The minimum absolute atomic E-state index is 0.00101. The number of hydrogen-bond acceptors (Lipinski definition) is 9. The molecule has 0 unspecified atom stereocenters. The molecule has 11 aromatic carbocycles. The Hall–Kier alpha value is -13.9. The van der Waals surface area contributed by atoms with E-state index in [1.165, 1.54) is 60.8 Å². The number of nitrogens with one attached hydrogen (secondary N) is 4. The summed E-state index contributed by atoms with van der Waals surface area (Å²) in [6.07, 6.45) is 1.06. The van der Waals surface area contributed by atoms with Crippen molar-refractivity contribution >= 4 is 134 Å². The Labute approximate surface area is 863 Å². The van der Waals surface area contributed by atoms with E-state index >= 15 is 0 Å². The molecule has 5 heterocycles. The molecule has 0 bridgehead atoms. The van der Waals surface area contributed by atoms with Crippen molar-refractivity contribution in [1.29, 1.82) is 0 Å². The number of carbonyl (C=O) groups is 8. The van der Waals surface area contributed by atoms with Crippen LogP contribution < -0.4 is 21.3 Å². The fraction of sp³-hybridized carbons (Fsp3) is 0.269. The van der Waals surface area contributed by atoms with Crippen LogP contribution in [-0.4, -0.2) is 70.0 Å². The molecular weight excluding hydrogens is 1990 g/mol. The number of hydrogen-bond donors (Lipinski definition) is 4. The molecule has 0 aliphatic rings. The average Bonchev–Trinajstić information content (AvgIpc) is 1.65. The number of Topliss-reactive ketones (excluding diaryl/α,β-unsaturated/α-hetero) is 4. The maximum atomic E-state index is 13.6. The smallest absolute Gasteiger partial charge is 0.281 e. The second kappa shape index (κ2) is 47.3. The molecule has 5 aromatic heterocycles. The van der Waals surface area contributed by atoms with Crippen molar-refractivity contribution in [1.82, 2.24) is 44.5 Å². The molecule has 145 heavy (non-hydrogen) atoms. The summed E-state index contributed by atoms with van der Waals surface area (Å²) in [6, 6.07) is 73.5.